The highest BCUT2D eigenvalue weighted by molar-refractivity contribution is 5.45. The second-order valence-electron chi connectivity index (χ2n) is 4.85. The Balaban J connectivity index is 3.25. The average molecular weight is 257 g/mol. The second kappa shape index (κ2) is 5.54. The first kappa shape index (κ1) is 14.7. The van der Waals surface area contributed by atoms with Gasteiger partial charge in [-0.15, -0.1) is 0 Å². The van der Waals surface area contributed by atoms with E-state index in [1.54, 1.807) is 13.8 Å². The zero-order valence-corrected chi connectivity index (χ0v) is 11.2. The first-order valence-corrected chi connectivity index (χ1v) is 5.65. The molecule has 0 aliphatic heterocycles. The molecule has 0 aromatic heterocycles. The molecule has 0 heterocycles. The number of benzene rings is 1. The molecule has 0 spiro atoms. The van der Waals surface area contributed by atoms with Crippen LogP contribution in [0.4, 0.5) is 4.39 Å². The predicted molar refractivity (Wildman–Crippen MR) is 67.3 cm³/mol. The fraction of sp³-hybridized carbons (Fsp3) is 0.538. The van der Waals surface area contributed by atoms with Gasteiger partial charge in [-0.2, -0.15) is 0 Å². The third kappa shape index (κ3) is 2.73. The molecule has 0 aliphatic carbocycles. The van der Waals surface area contributed by atoms with E-state index in [9.17, 15) is 9.50 Å². The van der Waals surface area contributed by atoms with Crippen molar-refractivity contribution in [2.45, 2.75) is 19.9 Å². The molecule has 0 aliphatic rings. The van der Waals surface area contributed by atoms with Gasteiger partial charge in [-0.3, -0.25) is 0 Å². The van der Waals surface area contributed by atoms with Gasteiger partial charge in [-0.1, -0.05) is 13.8 Å². The molecule has 1 atom stereocenters. The number of nitrogens with two attached hydrogens (primary N) is 1. The van der Waals surface area contributed by atoms with E-state index in [0.717, 1.165) is 0 Å². The number of hydrogen-bond acceptors (Lipinski definition) is 4. The molecule has 3 N–H and O–H groups in total. The Hall–Kier alpha value is -1.33. The molecule has 0 bridgehead atoms. The fourth-order valence-electron chi connectivity index (χ4n) is 1.63. The third-order valence-corrected chi connectivity index (χ3v) is 3.09. The Bertz CT molecular complexity index is 421. The minimum Gasteiger partial charge on any atom is -0.493 e. The maximum Gasteiger partial charge on any atom is 0.163 e. The summed E-state index contributed by atoms with van der Waals surface area (Å²) in [5, 5.41) is 9.29. The van der Waals surface area contributed by atoms with Crippen molar-refractivity contribution in [2.75, 3.05) is 20.8 Å². The summed E-state index contributed by atoms with van der Waals surface area (Å²) in [5.41, 5.74) is 5.68. The quantitative estimate of drug-likeness (QED) is 0.845. The minimum atomic E-state index is -0.637. The summed E-state index contributed by atoms with van der Waals surface area (Å²) >= 11 is 0. The molecule has 18 heavy (non-hydrogen) atoms. The molecule has 0 fully saturated rings. The molecule has 4 nitrogen and oxygen atoms in total. The van der Waals surface area contributed by atoms with Crippen LogP contribution < -0.4 is 15.2 Å². The summed E-state index contributed by atoms with van der Waals surface area (Å²) in [5.74, 6) is 0.257. The summed E-state index contributed by atoms with van der Waals surface area (Å²) < 4.78 is 24.1. The van der Waals surface area contributed by atoms with Crippen LogP contribution >= 0.6 is 0 Å². The number of hydrogen-bond donors (Lipinski definition) is 2. The van der Waals surface area contributed by atoms with Gasteiger partial charge in [0.05, 0.1) is 14.2 Å². The van der Waals surface area contributed by atoms with Crippen LogP contribution in [-0.2, 0) is 0 Å². The minimum absolute atomic E-state index is 0.137. The standard InChI is InChI=1S/C13H20FNO3/c1-13(2,7-16)12(15)8-5-10(17-3)11(18-4)6-9(8)14/h5-6,12,16H,7,15H2,1-4H3/t12-/m0/s1. The highest BCUT2D eigenvalue weighted by atomic mass is 19.1. The van der Waals surface area contributed by atoms with Gasteiger partial charge in [0, 0.05) is 29.7 Å². The fourth-order valence-corrected chi connectivity index (χ4v) is 1.63. The lowest BCUT2D eigenvalue weighted by Crippen LogP contribution is -2.33. The van der Waals surface area contributed by atoms with Crippen molar-refractivity contribution in [3.8, 4) is 11.5 Å². The number of rotatable bonds is 5. The number of ether oxygens (including phenoxy) is 2. The topological polar surface area (TPSA) is 64.7 Å². The lowest BCUT2D eigenvalue weighted by molar-refractivity contribution is 0.130. The van der Waals surface area contributed by atoms with Crippen molar-refractivity contribution >= 4 is 0 Å². The molecule has 0 amide bonds. The number of methoxy groups -OCH3 is 2. The normalized spacial score (nSPS) is 13.3. The third-order valence-electron chi connectivity index (χ3n) is 3.09. The van der Waals surface area contributed by atoms with E-state index in [1.807, 2.05) is 0 Å². The van der Waals surface area contributed by atoms with Gasteiger partial charge in [-0.05, 0) is 6.07 Å². The predicted octanol–water partition coefficient (Wildman–Crippen LogP) is 1.86. The molecule has 0 saturated carbocycles. The molecule has 1 aromatic carbocycles. The Labute approximate surface area is 107 Å². The van der Waals surface area contributed by atoms with Crippen molar-refractivity contribution in [2.24, 2.45) is 11.1 Å². The highest BCUT2D eigenvalue weighted by Gasteiger charge is 2.30. The van der Waals surface area contributed by atoms with Gasteiger partial charge in [-0.25, -0.2) is 4.39 Å². The first-order valence-electron chi connectivity index (χ1n) is 5.65. The zero-order valence-electron chi connectivity index (χ0n) is 11.2. The van der Waals surface area contributed by atoms with Crippen LogP contribution in [0.1, 0.15) is 25.5 Å². The maximum atomic E-state index is 14.0. The van der Waals surface area contributed by atoms with E-state index in [4.69, 9.17) is 15.2 Å². The van der Waals surface area contributed by atoms with Crippen LogP contribution in [0.15, 0.2) is 12.1 Å². The molecule has 0 unspecified atom stereocenters. The second-order valence-corrected chi connectivity index (χ2v) is 4.85. The Morgan fingerprint density at radius 3 is 2.22 bits per heavy atom. The van der Waals surface area contributed by atoms with E-state index in [2.05, 4.69) is 0 Å². The Morgan fingerprint density at radius 1 is 1.28 bits per heavy atom. The Morgan fingerprint density at radius 2 is 1.78 bits per heavy atom. The number of aliphatic hydroxyl groups excluding tert-OH is 1. The van der Waals surface area contributed by atoms with Crippen LogP contribution in [-0.4, -0.2) is 25.9 Å². The van der Waals surface area contributed by atoms with Gasteiger partial charge >= 0.3 is 0 Å². The summed E-state index contributed by atoms with van der Waals surface area (Å²) in [6, 6.07) is 2.11. The monoisotopic (exact) mass is 257 g/mol. The van der Waals surface area contributed by atoms with Crippen molar-refractivity contribution in [1.82, 2.24) is 0 Å². The molecule has 5 heteroatoms. The largest absolute Gasteiger partial charge is 0.493 e. The average Bonchev–Trinajstić information content (AvgIpc) is 2.37. The smallest absolute Gasteiger partial charge is 0.163 e. The van der Waals surface area contributed by atoms with Gasteiger partial charge in [0.25, 0.3) is 0 Å². The lowest BCUT2D eigenvalue weighted by atomic mass is 9.81. The Kier molecular flexibility index (Phi) is 4.53. The molecule has 0 saturated heterocycles. The van der Waals surface area contributed by atoms with Crippen LogP contribution in [0.25, 0.3) is 0 Å². The lowest BCUT2D eigenvalue weighted by Gasteiger charge is -2.30. The van der Waals surface area contributed by atoms with Crippen LogP contribution in [0, 0.1) is 11.2 Å². The van der Waals surface area contributed by atoms with E-state index in [0.29, 0.717) is 17.1 Å². The SMILES string of the molecule is COc1cc(F)c([C@H](N)C(C)(C)CO)cc1OC. The summed E-state index contributed by atoms with van der Waals surface area (Å²) in [4.78, 5) is 0. The van der Waals surface area contributed by atoms with Gasteiger partial charge in [0.1, 0.15) is 5.82 Å². The number of aliphatic hydroxyl groups is 1. The van der Waals surface area contributed by atoms with Gasteiger partial charge in [0.2, 0.25) is 0 Å². The van der Waals surface area contributed by atoms with E-state index in [-0.39, 0.29) is 6.61 Å². The number of halogens is 1. The maximum absolute atomic E-state index is 14.0. The molecule has 102 valence electrons. The molecular weight excluding hydrogens is 237 g/mol. The van der Waals surface area contributed by atoms with Crippen LogP contribution in [0.2, 0.25) is 0 Å². The molecule has 1 aromatic rings. The summed E-state index contributed by atoms with van der Waals surface area (Å²) in [7, 11) is 2.91. The highest BCUT2D eigenvalue weighted by Crippen LogP contribution is 2.37. The van der Waals surface area contributed by atoms with Crippen molar-refractivity contribution in [3.05, 3.63) is 23.5 Å². The zero-order chi connectivity index (χ0) is 13.9. The summed E-state index contributed by atoms with van der Waals surface area (Å²) in [6.07, 6.45) is 0. The van der Waals surface area contributed by atoms with Crippen molar-refractivity contribution < 1.29 is 19.0 Å². The van der Waals surface area contributed by atoms with Gasteiger partial charge < -0.3 is 20.3 Å². The van der Waals surface area contributed by atoms with E-state index in [1.165, 1.54) is 26.4 Å². The molecule has 1 rings (SSSR count). The van der Waals surface area contributed by atoms with E-state index >= 15 is 0 Å². The molecular formula is C13H20FNO3. The summed E-state index contributed by atoms with van der Waals surface area (Å²) in [6.45, 7) is 3.41. The van der Waals surface area contributed by atoms with Crippen molar-refractivity contribution in [1.29, 1.82) is 0 Å². The van der Waals surface area contributed by atoms with Crippen molar-refractivity contribution in [3.63, 3.8) is 0 Å². The van der Waals surface area contributed by atoms with Gasteiger partial charge in [0.15, 0.2) is 11.5 Å². The van der Waals surface area contributed by atoms with Crippen LogP contribution in [0.5, 0.6) is 11.5 Å². The van der Waals surface area contributed by atoms with E-state index < -0.39 is 17.3 Å². The van der Waals surface area contributed by atoms with Crippen LogP contribution in [0.3, 0.4) is 0 Å². The first-order chi connectivity index (χ1) is 8.37. The molecule has 0 radical (unpaired) electrons.